The van der Waals surface area contributed by atoms with Crippen molar-refractivity contribution >= 4 is 23.7 Å². The molecule has 1 aliphatic carbocycles. The lowest BCUT2D eigenvalue weighted by molar-refractivity contribution is 0.586. The third-order valence-corrected chi connectivity index (χ3v) is 5.80. The van der Waals surface area contributed by atoms with Crippen LogP contribution in [0, 0.1) is 17.2 Å². The summed E-state index contributed by atoms with van der Waals surface area (Å²) in [6.45, 7) is 5.88. The van der Waals surface area contributed by atoms with E-state index in [1.54, 1.807) is 0 Å². The minimum Gasteiger partial charge on any atom is -0.346 e. The molecule has 0 fully saturated rings. The van der Waals surface area contributed by atoms with Gasteiger partial charge in [-0.2, -0.15) is 10.4 Å². The molecule has 4 rings (SSSR count). The van der Waals surface area contributed by atoms with Crippen LogP contribution >= 0.6 is 0 Å². The van der Waals surface area contributed by atoms with Crippen LogP contribution in [0.4, 0.5) is 5.82 Å². The first-order valence-electron chi connectivity index (χ1n) is 10.1. The summed E-state index contributed by atoms with van der Waals surface area (Å²) in [5, 5.41) is 13.5. The van der Waals surface area contributed by atoms with E-state index >= 15 is 0 Å². The second-order valence-corrected chi connectivity index (χ2v) is 7.71. The summed E-state index contributed by atoms with van der Waals surface area (Å²) in [6.07, 6.45) is 10.6. The maximum Gasteiger partial charge on any atom is 0.137 e. The lowest BCUT2D eigenvalue weighted by atomic mass is 9.82. The molecule has 2 aromatic heterocycles. The summed E-state index contributed by atoms with van der Waals surface area (Å²) in [5.41, 5.74) is 8.12. The predicted octanol–water partition coefficient (Wildman–Crippen LogP) is 5.93. The topological polar surface area (TPSA) is 69.8 Å². The first-order valence-corrected chi connectivity index (χ1v) is 10.1. The van der Waals surface area contributed by atoms with Gasteiger partial charge in [0.15, 0.2) is 0 Å². The first kappa shape index (κ1) is 19.7. The van der Waals surface area contributed by atoms with Crippen LogP contribution in [0.2, 0.25) is 0 Å². The summed E-state index contributed by atoms with van der Waals surface area (Å²) in [5.74, 6) is 0.886. The van der Waals surface area contributed by atoms with Gasteiger partial charge in [-0.3, -0.25) is 4.68 Å². The Bertz CT molecular complexity index is 1160. The van der Waals surface area contributed by atoms with Crippen LogP contribution in [0.3, 0.4) is 0 Å². The number of hydrogen-bond acceptors (Lipinski definition) is 3. The monoisotopic (exact) mass is 395 g/mol. The lowest BCUT2D eigenvalue weighted by Gasteiger charge is -2.22. The fourth-order valence-electron chi connectivity index (χ4n) is 4.11. The van der Waals surface area contributed by atoms with Gasteiger partial charge in [0, 0.05) is 30.6 Å². The number of rotatable bonds is 5. The zero-order chi connectivity index (χ0) is 21.1. The van der Waals surface area contributed by atoms with Crippen molar-refractivity contribution in [1.82, 2.24) is 14.8 Å². The van der Waals surface area contributed by atoms with Crippen molar-refractivity contribution in [2.45, 2.75) is 26.2 Å². The number of allylic oxidation sites excluding steroid dienone is 4. The molecule has 2 heterocycles. The number of aryl methyl sites for hydroxylation is 1. The van der Waals surface area contributed by atoms with Crippen molar-refractivity contribution in [2.24, 2.45) is 18.0 Å². The first-order chi connectivity index (χ1) is 14.6. The van der Waals surface area contributed by atoms with Gasteiger partial charge in [0.1, 0.15) is 5.82 Å². The van der Waals surface area contributed by atoms with Gasteiger partial charge in [0.25, 0.3) is 0 Å². The molecule has 0 radical (unpaired) electrons. The van der Waals surface area contributed by atoms with Gasteiger partial charge < -0.3 is 4.98 Å². The Morgan fingerprint density at radius 2 is 2.07 bits per heavy atom. The quantitative estimate of drug-likeness (QED) is 0.544. The number of nitrogens with one attached hydrogen (secondary N) is 1. The Morgan fingerprint density at radius 1 is 1.27 bits per heavy atom. The second-order valence-electron chi connectivity index (χ2n) is 7.71. The molecule has 5 heteroatoms. The van der Waals surface area contributed by atoms with E-state index in [0.717, 1.165) is 47.3 Å². The van der Waals surface area contributed by atoms with Crippen LogP contribution in [0.25, 0.3) is 22.3 Å². The van der Waals surface area contributed by atoms with Crippen LogP contribution in [0.1, 0.15) is 37.3 Å². The number of aromatic nitrogens is 3. The summed E-state index contributed by atoms with van der Waals surface area (Å²) >= 11 is 0. The molecular formula is C25H25N5. The Morgan fingerprint density at radius 3 is 2.67 bits per heavy atom. The minimum atomic E-state index is 0.109. The summed E-state index contributed by atoms with van der Waals surface area (Å²) in [6, 6.07) is 13.1. The standard InChI is InChI=1S/C25H25N5/c1-17(19-8-10-20(11-9-19)22-15-29-30(3)16-22)24(23-12-13-28-25(23)27-2)21-6-4-18(14-26)5-7-21/h6,8-13,15-16,18,28H,2,4-5,7H2,1,3H3/b24-17+. The molecule has 1 aliphatic rings. The van der Waals surface area contributed by atoms with Gasteiger partial charge in [-0.25, -0.2) is 4.99 Å². The molecule has 1 atom stereocenters. The minimum absolute atomic E-state index is 0.109. The number of H-pyrrole nitrogens is 1. The Labute approximate surface area is 177 Å². The van der Waals surface area contributed by atoms with Crippen molar-refractivity contribution in [1.29, 1.82) is 5.26 Å². The van der Waals surface area contributed by atoms with E-state index in [2.05, 4.69) is 71.2 Å². The average Bonchev–Trinajstić information content (AvgIpc) is 3.43. The van der Waals surface area contributed by atoms with E-state index in [9.17, 15) is 5.26 Å². The van der Waals surface area contributed by atoms with E-state index in [-0.39, 0.29) is 5.92 Å². The zero-order valence-electron chi connectivity index (χ0n) is 17.4. The smallest absolute Gasteiger partial charge is 0.137 e. The van der Waals surface area contributed by atoms with Crippen molar-refractivity contribution in [3.8, 4) is 17.2 Å². The normalized spacial score (nSPS) is 17.1. The van der Waals surface area contributed by atoms with Gasteiger partial charge >= 0.3 is 0 Å². The number of benzene rings is 1. The van der Waals surface area contributed by atoms with E-state index in [1.807, 2.05) is 30.3 Å². The van der Waals surface area contributed by atoms with E-state index in [0.29, 0.717) is 0 Å². The van der Waals surface area contributed by atoms with Crippen LogP contribution in [0.15, 0.2) is 65.6 Å². The molecule has 30 heavy (non-hydrogen) atoms. The highest BCUT2D eigenvalue weighted by atomic mass is 15.2. The molecule has 0 amide bonds. The SMILES string of the molecule is C=Nc1[nH]ccc1/C(C1=CCC(C#N)CC1)=C(\C)c1ccc(-c2cnn(C)c2)cc1. The van der Waals surface area contributed by atoms with Gasteiger partial charge in [0.05, 0.1) is 18.2 Å². The number of aromatic amines is 1. The molecule has 150 valence electrons. The van der Waals surface area contributed by atoms with E-state index in [1.165, 1.54) is 16.7 Å². The van der Waals surface area contributed by atoms with Crippen LogP contribution < -0.4 is 0 Å². The maximum atomic E-state index is 9.27. The van der Waals surface area contributed by atoms with Crippen LogP contribution in [-0.4, -0.2) is 21.5 Å². The third kappa shape index (κ3) is 3.77. The number of aliphatic imine (C=N–C) groups is 1. The van der Waals surface area contributed by atoms with Gasteiger partial charge in [-0.05, 0) is 66.8 Å². The number of hydrogen-bond donors (Lipinski definition) is 1. The highest BCUT2D eigenvalue weighted by Gasteiger charge is 2.21. The molecule has 0 bridgehead atoms. The Kier molecular flexibility index (Phi) is 5.49. The molecule has 0 aliphatic heterocycles. The molecule has 0 saturated carbocycles. The molecule has 0 spiro atoms. The predicted molar refractivity (Wildman–Crippen MR) is 122 cm³/mol. The second kappa shape index (κ2) is 8.38. The summed E-state index contributed by atoms with van der Waals surface area (Å²) < 4.78 is 1.81. The summed E-state index contributed by atoms with van der Waals surface area (Å²) in [7, 11) is 1.92. The fraction of sp³-hybridized carbons (Fsp3) is 0.240. The van der Waals surface area contributed by atoms with Crippen molar-refractivity contribution in [3.05, 3.63) is 71.7 Å². The van der Waals surface area contributed by atoms with Gasteiger partial charge in [-0.1, -0.05) is 30.3 Å². The molecule has 1 aromatic carbocycles. The van der Waals surface area contributed by atoms with E-state index < -0.39 is 0 Å². The average molecular weight is 396 g/mol. The van der Waals surface area contributed by atoms with Gasteiger partial charge in [-0.15, -0.1) is 0 Å². The Balaban J connectivity index is 1.78. The zero-order valence-corrected chi connectivity index (χ0v) is 17.4. The van der Waals surface area contributed by atoms with E-state index in [4.69, 9.17) is 0 Å². The highest BCUT2D eigenvalue weighted by molar-refractivity contribution is 6.00. The summed E-state index contributed by atoms with van der Waals surface area (Å²) in [4.78, 5) is 7.36. The molecular weight excluding hydrogens is 370 g/mol. The molecule has 3 aromatic rings. The maximum absolute atomic E-state index is 9.27. The van der Waals surface area contributed by atoms with Crippen molar-refractivity contribution in [3.63, 3.8) is 0 Å². The van der Waals surface area contributed by atoms with Gasteiger partial charge in [0.2, 0.25) is 0 Å². The molecule has 1 unspecified atom stereocenters. The highest BCUT2D eigenvalue weighted by Crippen LogP contribution is 2.41. The van der Waals surface area contributed by atoms with Crippen molar-refractivity contribution < 1.29 is 0 Å². The fourth-order valence-corrected chi connectivity index (χ4v) is 4.11. The number of nitriles is 1. The largest absolute Gasteiger partial charge is 0.346 e. The lowest BCUT2D eigenvalue weighted by Crippen LogP contribution is -2.05. The van der Waals surface area contributed by atoms with Crippen LogP contribution in [0.5, 0.6) is 0 Å². The number of nitrogens with zero attached hydrogens (tertiary/aromatic N) is 4. The Hall–Kier alpha value is -3.65. The van der Waals surface area contributed by atoms with Crippen LogP contribution in [-0.2, 0) is 7.05 Å². The molecule has 0 saturated heterocycles. The molecule has 1 N–H and O–H groups in total. The third-order valence-electron chi connectivity index (χ3n) is 5.80. The van der Waals surface area contributed by atoms with Crippen molar-refractivity contribution in [2.75, 3.05) is 0 Å². The molecule has 5 nitrogen and oxygen atoms in total.